The van der Waals surface area contributed by atoms with E-state index < -0.39 is 0 Å². The Morgan fingerprint density at radius 2 is 1.36 bits per heavy atom. The summed E-state index contributed by atoms with van der Waals surface area (Å²) in [6, 6.07) is 54.4. The van der Waals surface area contributed by atoms with Gasteiger partial charge in [-0.25, -0.2) is 0 Å². The van der Waals surface area contributed by atoms with Crippen molar-refractivity contribution in [3.63, 3.8) is 0 Å². The van der Waals surface area contributed by atoms with E-state index in [4.69, 9.17) is 11.5 Å². The maximum absolute atomic E-state index is 6.78. The minimum absolute atomic E-state index is 0.0852. The first kappa shape index (κ1) is 34.0. The molecule has 0 amide bonds. The first-order chi connectivity index (χ1) is 25.8. The second-order valence-corrected chi connectivity index (χ2v) is 14.6. The number of allylic oxidation sites excluding steroid dienone is 2. The molecule has 0 spiro atoms. The van der Waals surface area contributed by atoms with Crippen LogP contribution in [0.1, 0.15) is 60.3 Å². The van der Waals surface area contributed by atoms with Crippen LogP contribution in [0.4, 0.5) is 5.69 Å². The summed E-state index contributed by atoms with van der Waals surface area (Å²) in [4.78, 5) is 0. The predicted molar refractivity (Wildman–Crippen MR) is 226 cm³/mol. The van der Waals surface area contributed by atoms with Gasteiger partial charge in [0.1, 0.15) is 6.17 Å². The van der Waals surface area contributed by atoms with E-state index in [2.05, 4.69) is 159 Å². The number of hydrogen-bond acceptors (Lipinski definition) is 3. The van der Waals surface area contributed by atoms with Gasteiger partial charge in [-0.2, -0.15) is 0 Å². The molecule has 53 heavy (non-hydrogen) atoms. The molecule has 5 N–H and O–H groups in total. The molecule has 0 saturated carbocycles. The minimum atomic E-state index is -0.362. The van der Waals surface area contributed by atoms with E-state index >= 15 is 0 Å². The Labute approximate surface area is 313 Å². The summed E-state index contributed by atoms with van der Waals surface area (Å²) in [5, 5.41) is 6.21. The van der Waals surface area contributed by atoms with Crippen molar-refractivity contribution in [3.05, 3.63) is 197 Å². The van der Waals surface area contributed by atoms with E-state index in [-0.39, 0.29) is 11.6 Å². The lowest BCUT2D eigenvalue weighted by Gasteiger charge is -2.22. The Bertz CT molecular complexity index is 2500. The number of nitrogens with two attached hydrogens (primary N) is 2. The molecule has 7 aromatic carbocycles. The molecular weight excluding hydrogens is 643 g/mol. The van der Waals surface area contributed by atoms with Gasteiger partial charge in [-0.1, -0.05) is 159 Å². The van der Waals surface area contributed by atoms with Crippen molar-refractivity contribution in [1.82, 2.24) is 5.32 Å². The van der Waals surface area contributed by atoms with E-state index in [9.17, 15) is 0 Å². The Kier molecular flexibility index (Phi) is 9.04. The molecule has 0 radical (unpaired) electrons. The van der Waals surface area contributed by atoms with Crippen LogP contribution in [-0.2, 0) is 11.8 Å². The summed E-state index contributed by atoms with van der Waals surface area (Å²) in [6.07, 6.45) is 6.71. The summed E-state index contributed by atoms with van der Waals surface area (Å²) in [5.41, 5.74) is 29.3. The van der Waals surface area contributed by atoms with Crippen molar-refractivity contribution in [1.29, 1.82) is 0 Å². The molecule has 1 aliphatic rings. The molecule has 3 nitrogen and oxygen atoms in total. The number of anilines is 1. The molecule has 8 rings (SSSR count). The van der Waals surface area contributed by atoms with Crippen molar-refractivity contribution in [3.8, 4) is 33.4 Å². The zero-order valence-electron chi connectivity index (χ0n) is 30.6. The normalized spacial score (nSPS) is 13.9. The molecule has 7 aromatic rings. The van der Waals surface area contributed by atoms with Crippen molar-refractivity contribution >= 4 is 28.2 Å². The van der Waals surface area contributed by atoms with Gasteiger partial charge in [0, 0.05) is 16.8 Å². The third-order valence-corrected chi connectivity index (χ3v) is 10.8. The summed E-state index contributed by atoms with van der Waals surface area (Å²) < 4.78 is 0. The first-order valence-corrected chi connectivity index (χ1v) is 18.5. The van der Waals surface area contributed by atoms with Gasteiger partial charge < -0.3 is 16.8 Å². The lowest BCUT2D eigenvalue weighted by Crippen LogP contribution is -2.27. The third-order valence-electron chi connectivity index (χ3n) is 10.8. The molecule has 0 aliphatic heterocycles. The van der Waals surface area contributed by atoms with Crippen LogP contribution in [0.25, 0.3) is 55.9 Å². The predicted octanol–water partition coefficient (Wildman–Crippen LogP) is 11.9. The van der Waals surface area contributed by atoms with Crippen LogP contribution in [0.15, 0.2) is 164 Å². The lowest BCUT2D eigenvalue weighted by atomic mass is 9.81. The molecular formula is C50H45N3. The fourth-order valence-electron chi connectivity index (χ4n) is 7.89. The standard InChI is InChI=1S/C50H45N3/c1-4-12-41-30-40(26-27-46(41)51)37-18-10-13-33(29-37)21-28-47(53-49(52)36-14-6-5-7-15-36)35-24-22-34(23-25-35)42-19-11-20-44-48(42)43-31-38-16-8-9-17-39(38)32-45(43)50(44,2)3/h4-20,22-32,49,53H,21,51-52H2,1-3H3/b12-4-,47-28-. The molecule has 0 aromatic heterocycles. The first-order valence-electron chi connectivity index (χ1n) is 18.5. The van der Waals surface area contributed by atoms with Crippen LogP contribution in [0, 0.1) is 0 Å². The number of hydrogen-bond donors (Lipinski definition) is 3. The Morgan fingerprint density at radius 1 is 0.660 bits per heavy atom. The Morgan fingerprint density at radius 3 is 2.13 bits per heavy atom. The fraction of sp³-hybridized carbons (Fsp3) is 0.120. The van der Waals surface area contributed by atoms with Gasteiger partial charge in [0.05, 0.1) is 0 Å². The zero-order chi connectivity index (χ0) is 36.5. The van der Waals surface area contributed by atoms with E-state index in [1.165, 1.54) is 49.7 Å². The van der Waals surface area contributed by atoms with Gasteiger partial charge in [0.25, 0.3) is 0 Å². The molecule has 0 bridgehead atoms. The van der Waals surface area contributed by atoms with Crippen molar-refractivity contribution in [2.45, 2.75) is 38.8 Å². The molecule has 0 saturated heterocycles. The molecule has 1 unspecified atom stereocenters. The highest BCUT2D eigenvalue weighted by molar-refractivity contribution is 5.98. The van der Waals surface area contributed by atoms with Crippen LogP contribution in [0.3, 0.4) is 0 Å². The quantitative estimate of drug-likeness (QED) is 0.105. The van der Waals surface area contributed by atoms with Gasteiger partial charge in [0.15, 0.2) is 0 Å². The SMILES string of the molecule is C/C=C\c1cc(-c2cccc(C/C=C(\NC(N)c3ccccc3)c3ccc(-c4cccc5c4-c4cc6ccccc6cc4C5(C)C)cc3)c2)ccc1N. The summed E-state index contributed by atoms with van der Waals surface area (Å²) in [7, 11) is 0. The van der Waals surface area contributed by atoms with Crippen LogP contribution >= 0.6 is 0 Å². The van der Waals surface area contributed by atoms with Gasteiger partial charge in [-0.15, -0.1) is 0 Å². The van der Waals surface area contributed by atoms with E-state index in [0.29, 0.717) is 0 Å². The summed E-state index contributed by atoms with van der Waals surface area (Å²) in [6.45, 7) is 6.71. The maximum Gasteiger partial charge on any atom is 0.101 e. The van der Waals surface area contributed by atoms with Gasteiger partial charge >= 0.3 is 0 Å². The largest absolute Gasteiger partial charge is 0.398 e. The smallest absolute Gasteiger partial charge is 0.101 e. The molecule has 260 valence electrons. The molecule has 0 fully saturated rings. The fourth-order valence-corrected chi connectivity index (χ4v) is 7.89. The lowest BCUT2D eigenvalue weighted by molar-refractivity contribution is 0.661. The number of nitrogens with one attached hydrogen (secondary N) is 1. The van der Waals surface area contributed by atoms with E-state index in [1.807, 2.05) is 37.3 Å². The average molecular weight is 688 g/mol. The number of nitrogen functional groups attached to an aromatic ring is 1. The van der Waals surface area contributed by atoms with Crippen molar-refractivity contribution in [2.24, 2.45) is 5.73 Å². The van der Waals surface area contributed by atoms with Crippen molar-refractivity contribution < 1.29 is 0 Å². The van der Waals surface area contributed by atoms with E-state index in [0.717, 1.165) is 45.6 Å². The molecule has 3 heteroatoms. The average Bonchev–Trinajstić information content (AvgIpc) is 3.42. The van der Waals surface area contributed by atoms with Crippen LogP contribution in [0.2, 0.25) is 0 Å². The summed E-state index contributed by atoms with van der Waals surface area (Å²) in [5.74, 6) is 0. The highest BCUT2D eigenvalue weighted by atomic mass is 15.0. The summed E-state index contributed by atoms with van der Waals surface area (Å²) >= 11 is 0. The second-order valence-electron chi connectivity index (χ2n) is 14.6. The van der Waals surface area contributed by atoms with Gasteiger partial charge in [0.2, 0.25) is 0 Å². The third kappa shape index (κ3) is 6.57. The number of fused-ring (bicyclic) bond motifs is 4. The monoisotopic (exact) mass is 687 g/mol. The van der Waals surface area contributed by atoms with E-state index in [1.54, 1.807) is 0 Å². The highest BCUT2D eigenvalue weighted by Crippen LogP contribution is 2.53. The second kappa shape index (κ2) is 14.1. The maximum atomic E-state index is 6.78. The Hall–Kier alpha value is -6.16. The number of benzene rings is 7. The van der Waals surface area contributed by atoms with Crippen LogP contribution in [0.5, 0.6) is 0 Å². The van der Waals surface area contributed by atoms with Gasteiger partial charge in [-0.05, 0) is 115 Å². The molecule has 0 heterocycles. The highest BCUT2D eigenvalue weighted by Gasteiger charge is 2.37. The minimum Gasteiger partial charge on any atom is -0.398 e. The Balaban J connectivity index is 1.14. The van der Waals surface area contributed by atoms with Crippen LogP contribution < -0.4 is 16.8 Å². The topological polar surface area (TPSA) is 64.1 Å². The molecule has 1 atom stereocenters. The van der Waals surface area contributed by atoms with Crippen molar-refractivity contribution in [2.75, 3.05) is 5.73 Å². The van der Waals surface area contributed by atoms with Gasteiger partial charge in [-0.3, -0.25) is 0 Å². The number of rotatable bonds is 9. The van der Waals surface area contributed by atoms with Crippen LogP contribution in [-0.4, -0.2) is 0 Å². The molecule has 1 aliphatic carbocycles. The zero-order valence-corrected chi connectivity index (χ0v) is 30.6.